The Hall–Kier alpha value is -3.59. The number of carbonyl (C=O) groups is 2. The Kier molecular flexibility index (Phi) is 7.56. The minimum atomic E-state index is -0.388. The van der Waals surface area contributed by atoms with Crippen LogP contribution < -0.4 is 15.5 Å². The summed E-state index contributed by atoms with van der Waals surface area (Å²) in [4.78, 5) is 38.2. The minimum Gasteiger partial charge on any atom is -0.383 e. The molecule has 2 fully saturated rings. The number of pyridine rings is 2. The van der Waals surface area contributed by atoms with E-state index in [9.17, 15) is 14.9 Å². The van der Waals surface area contributed by atoms with Gasteiger partial charge in [0.05, 0.1) is 30.1 Å². The van der Waals surface area contributed by atoms with Crippen LogP contribution in [0.25, 0.3) is 0 Å². The van der Waals surface area contributed by atoms with Crippen molar-refractivity contribution in [1.82, 2.24) is 14.9 Å². The number of aldehydes is 1. The highest BCUT2D eigenvalue weighted by Gasteiger charge is 2.52. The van der Waals surface area contributed by atoms with Gasteiger partial charge in [-0.05, 0) is 49.8 Å². The van der Waals surface area contributed by atoms with Crippen LogP contribution in [0.1, 0.15) is 53.4 Å². The number of fused-ring (bicyclic) bond motifs is 1. The molecular formula is C27H33N7O4. The first kappa shape index (κ1) is 26.0. The predicted molar refractivity (Wildman–Crippen MR) is 141 cm³/mol. The third-order valence-corrected chi connectivity index (χ3v) is 7.71. The van der Waals surface area contributed by atoms with Gasteiger partial charge in [-0.3, -0.25) is 19.9 Å². The molecule has 1 spiro atoms. The van der Waals surface area contributed by atoms with Crippen LogP contribution in [0.4, 0.5) is 22.1 Å². The fourth-order valence-electron chi connectivity index (χ4n) is 5.34. The molecule has 2 N–H and O–H groups in total. The monoisotopic (exact) mass is 519 g/mol. The number of nitrogens with one attached hydrogen (secondary N) is 2. The van der Waals surface area contributed by atoms with Crippen molar-refractivity contribution in [3.05, 3.63) is 40.7 Å². The molecule has 5 rings (SSSR count). The fraction of sp³-hybridized carbons (Fsp3) is 0.519. The van der Waals surface area contributed by atoms with Gasteiger partial charge in [0.25, 0.3) is 0 Å². The van der Waals surface area contributed by atoms with Crippen LogP contribution in [-0.4, -0.2) is 78.8 Å². The van der Waals surface area contributed by atoms with E-state index in [1.165, 1.54) is 6.20 Å². The largest absolute Gasteiger partial charge is 0.383 e. The van der Waals surface area contributed by atoms with E-state index in [1.54, 1.807) is 18.1 Å². The lowest BCUT2D eigenvalue weighted by molar-refractivity contribution is -0.0856. The van der Waals surface area contributed by atoms with E-state index in [2.05, 4.69) is 38.5 Å². The summed E-state index contributed by atoms with van der Waals surface area (Å²) < 4.78 is 11.1. The molecule has 0 aromatic carbocycles. The number of ether oxygens (including phenoxy) is 2. The Morgan fingerprint density at radius 2 is 2.21 bits per heavy atom. The molecule has 0 bridgehead atoms. The molecule has 1 aliphatic carbocycles. The number of hydrogen-bond acceptors (Lipinski definition) is 9. The summed E-state index contributed by atoms with van der Waals surface area (Å²) in [6.07, 6.45) is 5.92. The molecule has 4 heterocycles. The number of aromatic nitrogens is 2. The molecule has 2 aliphatic heterocycles. The molecule has 1 atom stereocenters. The number of anilines is 3. The average molecular weight is 520 g/mol. The maximum Gasteiger partial charge on any atom is 0.328 e. The van der Waals surface area contributed by atoms with Crippen molar-refractivity contribution in [2.75, 3.05) is 55.5 Å². The summed E-state index contributed by atoms with van der Waals surface area (Å²) in [7, 11) is 1.60. The van der Waals surface area contributed by atoms with Gasteiger partial charge in [-0.25, -0.2) is 14.8 Å². The summed E-state index contributed by atoms with van der Waals surface area (Å²) >= 11 is 0. The maximum absolute atomic E-state index is 13.3. The van der Waals surface area contributed by atoms with Gasteiger partial charge in [-0.15, -0.1) is 0 Å². The van der Waals surface area contributed by atoms with Crippen LogP contribution in [0, 0.1) is 11.3 Å². The molecule has 200 valence electrons. The van der Waals surface area contributed by atoms with E-state index in [-0.39, 0.29) is 17.7 Å². The second-order valence-electron chi connectivity index (χ2n) is 10.0. The third-order valence-electron chi connectivity index (χ3n) is 7.71. The summed E-state index contributed by atoms with van der Waals surface area (Å²) in [5.41, 5.74) is 3.08. The van der Waals surface area contributed by atoms with Crippen molar-refractivity contribution in [1.29, 1.82) is 5.26 Å². The van der Waals surface area contributed by atoms with Crippen LogP contribution in [0.5, 0.6) is 0 Å². The number of rotatable bonds is 8. The van der Waals surface area contributed by atoms with E-state index in [1.807, 2.05) is 6.07 Å². The molecule has 11 heteroatoms. The highest BCUT2D eigenvalue weighted by molar-refractivity contribution is 6.01. The Morgan fingerprint density at radius 1 is 1.37 bits per heavy atom. The molecule has 38 heavy (non-hydrogen) atoms. The fourth-order valence-corrected chi connectivity index (χ4v) is 5.34. The van der Waals surface area contributed by atoms with Crippen molar-refractivity contribution >= 4 is 29.6 Å². The number of nitriles is 1. The molecule has 2 aromatic heterocycles. The number of carbonyl (C=O) groups excluding carboxylic acids is 2. The number of morpholine rings is 1. The standard InChI is InChI=1S/C27H33N7O4/c1-18-27(5-6-27)38-11-9-33(18)16-20-12-19-4-3-8-34(25(19)31-23(20)17-35)26(36)32-24-13-22(29-7-10-37-2)21(14-28)15-30-24/h12-13,15,17-18H,3-11,16H2,1-2H3,(H2,29,30,32,36). The predicted octanol–water partition coefficient (Wildman–Crippen LogP) is 2.96. The van der Waals surface area contributed by atoms with Gasteiger partial charge in [0.15, 0.2) is 6.29 Å². The van der Waals surface area contributed by atoms with Gasteiger partial charge in [-0.2, -0.15) is 5.26 Å². The van der Waals surface area contributed by atoms with Crippen LogP contribution >= 0.6 is 0 Å². The number of methoxy groups -OCH3 is 1. The van der Waals surface area contributed by atoms with Crippen molar-refractivity contribution in [2.45, 2.75) is 50.8 Å². The smallest absolute Gasteiger partial charge is 0.328 e. The van der Waals surface area contributed by atoms with Crippen LogP contribution in [0.3, 0.4) is 0 Å². The van der Waals surface area contributed by atoms with E-state index in [4.69, 9.17) is 9.47 Å². The SMILES string of the molecule is COCCNc1cc(NC(=O)N2CCCc3cc(CN4CCOC5(CC5)C4C)c(C=O)nc32)ncc1C#N. The number of aryl methyl sites for hydroxylation is 1. The summed E-state index contributed by atoms with van der Waals surface area (Å²) in [6, 6.07) is 5.65. The second kappa shape index (κ2) is 11.0. The number of amides is 2. The molecule has 3 aliphatic rings. The van der Waals surface area contributed by atoms with E-state index in [0.29, 0.717) is 61.4 Å². The van der Waals surface area contributed by atoms with Crippen LogP contribution in [0.2, 0.25) is 0 Å². The van der Waals surface area contributed by atoms with Gasteiger partial charge in [0, 0.05) is 51.6 Å². The molecule has 2 aromatic rings. The zero-order chi connectivity index (χ0) is 26.7. The number of urea groups is 1. The molecule has 0 radical (unpaired) electrons. The Bertz CT molecular complexity index is 1260. The Balaban J connectivity index is 1.34. The highest BCUT2D eigenvalue weighted by atomic mass is 16.5. The number of nitrogens with zero attached hydrogens (tertiary/aromatic N) is 5. The quantitative estimate of drug-likeness (QED) is 0.399. The zero-order valence-corrected chi connectivity index (χ0v) is 21.8. The zero-order valence-electron chi connectivity index (χ0n) is 21.8. The lowest BCUT2D eigenvalue weighted by Gasteiger charge is -2.40. The van der Waals surface area contributed by atoms with Crippen LogP contribution in [-0.2, 0) is 22.4 Å². The van der Waals surface area contributed by atoms with Crippen molar-refractivity contribution in [2.24, 2.45) is 0 Å². The summed E-state index contributed by atoms with van der Waals surface area (Å²) in [5.74, 6) is 0.809. The van der Waals surface area contributed by atoms with Gasteiger partial charge >= 0.3 is 6.03 Å². The van der Waals surface area contributed by atoms with Gasteiger partial charge in [-0.1, -0.05) is 0 Å². The summed E-state index contributed by atoms with van der Waals surface area (Å²) in [6.45, 7) is 5.78. The Morgan fingerprint density at radius 3 is 2.95 bits per heavy atom. The van der Waals surface area contributed by atoms with Gasteiger partial charge in [0.2, 0.25) is 0 Å². The minimum absolute atomic E-state index is 0.0330. The first-order valence-corrected chi connectivity index (χ1v) is 13.1. The van der Waals surface area contributed by atoms with E-state index >= 15 is 0 Å². The van der Waals surface area contributed by atoms with Gasteiger partial charge < -0.3 is 14.8 Å². The topological polar surface area (TPSA) is 133 Å². The molecule has 2 amide bonds. The molecule has 1 saturated carbocycles. The van der Waals surface area contributed by atoms with Crippen molar-refractivity contribution in [3.63, 3.8) is 0 Å². The lowest BCUT2D eigenvalue weighted by atomic mass is 10.0. The second-order valence-corrected chi connectivity index (χ2v) is 10.0. The maximum atomic E-state index is 13.3. The Labute approximate surface area is 222 Å². The van der Waals surface area contributed by atoms with Crippen LogP contribution in [0.15, 0.2) is 18.3 Å². The third kappa shape index (κ3) is 5.20. The highest BCUT2D eigenvalue weighted by Crippen LogP contribution is 2.46. The molecule has 11 nitrogen and oxygen atoms in total. The first-order chi connectivity index (χ1) is 18.5. The van der Waals surface area contributed by atoms with Gasteiger partial charge in [0.1, 0.15) is 23.4 Å². The van der Waals surface area contributed by atoms with Crippen molar-refractivity contribution in [3.8, 4) is 6.07 Å². The molecule has 1 unspecified atom stereocenters. The summed E-state index contributed by atoms with van der Waals surface area (Å²) in [5, 5.41) is 15.3. The first-order valence-electron chi connectivity index (χ1n) is 13.1. The molecular weight excluding hydrogens is 486 g/mol. The normalized spacial score (nSPS) is 19.9. The number of hydrogen-bond donors (Lipinski definition) is 2. The average Bonchev–Trinajstić information content (AvgIpc) is 3.71. The molecule has 1 saturated heterocycles. The van der Waals surface area contributed by atoms with E-state index < -0.39 is 0 Å². The van der Waals surface area contributed by atoms with E-state index in [0.717, 1.165) is 49.6 Å². The van der Waals surface area contributed by atoms with Crippen molar-refractivity contribution < 1.29 is 19.1 Å². The lowest BCUT2D eigenvalue weighted by Crippen LogP contribution is -2.50.